The fourth-order valence-electron chi connectivity index (χ4n) is 1.99. The zero-order valence-corrected chi connectivity index (χ0v) is 12.9. The summed E-state index contributed by atoms with van der Waals surface area (Å²) in [6, 6.07) is 14.0. The van der Waals surface area contributed by atoms with Crippen molar-refractivity contribution in [3.63, 3.8) is 0 Å². The lowest BCUT2D eigenvalue weighted by atomic mass is 10.1. The Balaban J connectivity index is 1.92. The number of nitrogens with zero attached hydrogens (tertiary/aromatic N) is 1. The molecule has 0 amide bonds. The molecule has 0 fully saturated rings. The van der Waals surface area contributed by atoms with E-state index < -0.39 is 0 Å². The molecule has 0 saturated carbocycles. The van der Waals surface area contributed by atoms with Crippen LogP contribution in [-0.4, -0.2) is 4.98 Å². The van der Waals surface area contributed by atoms with Crippen molar-refractivity contribution in [2.75, 3.05) is 0 Å². The summed E-state index contributed by atoms with van der Waals surface area (Å²) in [4.78, 5) is 4.11. The first-order chi connectivity index (χ1) is 9.74. The number of pyridine rings is 1. The van der Waals surface area contributed by atoms with Gasteiger partial charge in [-0.1, -0.05) is 28.1 Å². The van der Waals surface area contributed by atoms with Crippen LogP contribution in [0.5, 0.6) is 11.5 Å². The number of halogens is 2. The summed E-state index contributed by atoms with van der Waals surface area (Å²) in [6.07, 6.45) is 3.42. The van der Waals surface area contributed by atoms with E-state index in [-0.39, 0.29) is 0 Å². The van der Waals surface area contributed by atoms with Crippen LogP contribution in [0.2, 0.25) is 0 Å². The number of rotatable bonds is 3. The molecule has 4 heteroatoms. The third-order valence-corrected chi connectivity index (χ3v) is 3.74. The van der Waals surface area contributed by atoms with E-state index in [1.54, 1.807) is 12.4 Å². The van der Waals surface area contributed by atoms with Crippen LogP contribution in [0, 0.1) is 0 Å². The van der Waals surface area contributed by atoms with Crippen molar-refractivity contribution in [1.29, 1.82) is 0 Å². The van der Waals surface area contributed by atoms with Crippen LogP contribution in [-0.2, 0) is 5.88 Å². The molecule has 0 saturated heterocycles. The van der Waals surface area contributed by atoms with Crippen LogP contribution in [0.1, 0.15) is 5.56 Å². The maximum atomic E-state index is 5.83. The highest BCUT2D eigenvalue weighted by atomic mass is 79.9. The standard InChI is InChI=1S/C16H11BrClNO/c17-14-3-1-13-7-15(4-2-12(13)6-14)20-16-5-11(8-18)9-19-10-16/h1-7,9-10H,8H2. The Morgan fingerprint density at radius 3 is 2.60 bits per heavy atom. The van der Waals surface area contributed by atoms with Gasteiger partial charge in [0.2, 0.25) is 0 Å². The van der Waals surface area contributed by atoms with E-state index in [0.29, 0.717) is 11.6 Å². The Labute approximate surface area is 130 Å². The van der Waals surface area contributed by atoms with Crippen molar-refractivity contribution in [1.82, 2.24) is 4.98 Å². The van der Waals surface area contributed by atoms with Gasteiger partial charge >= 0.3 is 0 Å². The largest absolute Gasteiger partial charge is 0.456 e. The van der Waals surface area contributed by atoms with Crippen molar-refractivity contribution in [2.45, 2.75) is 5.88 Å². The third-order valence-electron chi connectivity index (χ3n) is 2.93. The van der Waals surface area contributed by atoms with Gasteiger partial charge in [-0.05, 0) is 46.7 Å². The second-order valence-corrected chi connectivity index (χ2v) is 5.60. The average molecular weight is 349 g/mol. The van der Waals surface area contributed by atoms with E-state index in [2.05, 4.69) is 33.0 Å². The number of hydrogen-bond donors (Lipinski definition) is 0. The van der Waals surface area contributed by atoms with Gasteiger partial charge in [-0.2, -0.15) is 0 Å². The Bertz CT molecular complexity index is 760. The Kier molecular flexibility index (Phi) is 3.90. The number of benzene rings is 2. The predicted molar refractivity (Wildman–Crippen MR) is 85.5 cm³/mol. The van der Waals surface area contributed by atoms with Crippen LogP contribution >= 0.6 is 27.5 Å². The molecule has 0 radical (unpaired) electrons. The van der Waals surface area contributed by atoms with E-state index in [9.17, 15) is 0 Å². The molecule has 0 aliphatic carbocycles. The lowest BCUT2D eigenvalue weighted by Crippen LogP contribution is -1.88. The van der Waals surface area contributed by atoms with Gasteiger partial charge in [-0.15, -0.1) is 11.6 Å². The van der Waals surface area contributed by atoms with Gasteiger partial charge in [0.25, 0.3) is 0 Å². The smallest absolute Gasteiger partial charge is 0.146 e. The molecule has 0 unspecified atom stereocenters. The quantitative estimate of drug-likeness (QED) is 0.581. The minimum atomic E-state index is 0.427. The first kappa shape index (κ1) is 13.4. The first-order valence-corrected chi connectivity index (χ1v) is 7.44. The van der Waals surface area contributed by atoms with Crippen molar-refractivity contribution in [3.05, 3.63) is 64.9 Å². The topological polar surface area (TPSA) is 22.1 Å². The molecule has 0 aliphatic heterocycles. The fourth-order valence-corrected chi connectivity index (χ4v) is 2.51. The molecule has 1 aromatic heterocycles. The third kappa shape index (κ3) is 2.94. The average Bonchev–Trinajstić information content (AvgIpc) is 2.47. The molecule has 20 heavy (non-hydrogen) atoms. The van der Waals surface area contributed by atoms with Crippen molar-refractivity contribution in [2.24, 2.45) is 0 Å². The molecule has 0 atom stereocenters. The van der Waals surface area contributed by atoms with E-state index in [1.165, 1.54) is 5.39 Å². The van der Waals surface area contributed by atoms with Crippen molar-refractivity contribution >= 4 is 38.3 Å². The molecular formula is C16H11BrClNO. The highest BCUT2D eigenvalue weighted by Gasteiger charge is 2.02. The van der Waals surface area contributed by atoms with Gasteiger partial charge in [0.1, 0.15) is 11.5 Å². The minimum Gasteiger partial charge on any atom is -0.456 e. The molecule has 3 aromatic rings. The second kappa shape index (κ2) is 5.81. The van der Waals surface area contributed by atoms with E-state index in [4.69, 9.17) is 16.3 Å². The van der Waals surface area contributed by atoms with Crippen LogP contribution in [0.4, 0.5) is 0 Å². The molecule has 0 aliphatic rings. The number of alkyl halides is 1. The summed E-state index contributed by atoms with van der Waals surface area (Å²) < 4.78 is 6.89. The molecule has 0 spiro atoms. The maximum Gasteiger partial charge on any atom is 0.146 e. The monoisotopic (exact) mass is 347 g/mol. The number of ether oxygens (including phenoxy) is 1. The zero-order valence-electron chi connectivity index (χ0n) is 10.5. The molecule has 3 rings (SSSR count). The summed E-state index contributed by atoms with van der Waals surface area (Å²) in [5.41, 5.74) is 0.939. The predicted octanol–water partition coefficient (Wildman–Crippen LogP) is 5.53. The molecule has 100 valence electrons. The highest BCUT2D eigenvalue weighted by Crippen LogP contribution is 2.27. The number of fused-ring (bicyclic) bond motifs is 1. The van der Waals surface area contributed by atoms with Gasteiger partial charge in [0, 0.05) is 16.5 Å². The summed E-state index contributed by atoms with van der Waals surface area (Å²) in [6.45, 7) is 0. The summed E-state index contributed by atoms with van der Waals surface area (Å²) in [5.74, 6) is 1.91. The Morgan fingerprint density at radius 2 is 1.75 bits per heavy atom. The minimum absolute atomic E-state index is 0.427. The summed E-state index contributed by atoms with van der Waals surface area (Å²) >= 11 is 9.26. The Hall–Kier alpha value is -1.58. The van der Waals surface area contributed by atoms with E-state index in [1.807, 2.05) is 30.3 Å². The van der Waals surface area contributed by atoms with Gasteiger partial charge in [-0.3, -0.25) is 4.98 Å². The van der Waals surface area contributed by atoms with Crippen LogP contribution in [0.25, 0.3) is 10.8 Å². The number of hydrogen-bond acceptors (Lipinski definition) is 2. The fraction of sp³-hybridized carbons (Fsp3) is 0.0625. The maximum absolute atomic E-state index is 5.83. The SMILES string of the molecule is ClCc1cncc(Oc2ccc3cc(Br)ccc3c2)c1. The van der Waals surface area contributed by atoms with Gasteiger partial charge in [0.05, 0.1) is 6.20 Å². The molecule has 2 aromatic carbocycles. The molecule has 2 nitrogen and oxygen atoms in total. The van der Waals surface area contributed by atoms with Crippen molar-refractivity contribution < 1.29 is 4.74 Å². The number of aromatic nitrogens is 1. The van der Waals surface area contributed by atoms with Gasteiger partial charge in [0.15, 0.2) is 0 Å². The lowest BCUT2D eigenvalue weighted by molar-refractivity contribution is 0.480. The lowest BCUT2D eigenvalue weighted by Gasteiger charge is -2.07. The second-order valence-electron chi connectivity index (χ2n) is 4.42. The molecule has 0 bridgehead atoms. The molecule has 0 N–H and O–H groups in total. The summed E-state index contributed by atoms with van der Waals surface area (Å²) in [7, 11) is 0. The van der Waals surface area contributed by atoms with E-state index in [0.717, 1.165) is 21.2 Å². The normalized spacial score (nSPS) is 10.7. The zero-order chi connectivity index (χ0) is 13.9. The summed E-state index contributed by atoms with van der Waals surface area (Å²) in [5, 5.41) is 2.30. The van der Waals surface area contributed by atoms with Crippen LogP contribution in [0.3, 0.4) is 0 Å². The highest BCUT2D eigenvalue weighted by molar-refractivity contribution is 9.10. The van der Waals surface area contributed by atoms with Gasteiger partial charge < -0.3 is 4.74 Å². The van der Waals surface area contributed by atoms with Crippen molar-refractivity contribution in [3.8, 4) is 11.5 Å². The van der Waals surface area contributed by atoms with Gasteiger partial charge in [-0.25, -0.2) is 0 Å². The van der Waals surface area contributed by atoms with Crippen LogP contribution in [0.15, 0.2) is 59.3 Å². The Morgan fingerprint density at radius 1 is 0.950 bits per heavy atom. The molecule has 1 heterocycles. The van der Waals surface area contributed by atoms with E-state index >= 15 is 0 Å². The first-order valence-electron chi connectivity index (χ1n) is 6.12. The van der Waals surface area contributed by atoms with Crippen LogP contribution < -0.4 is 4.74 Å². The molecular weight excluding hydrogens is 338 g/mol.